The zero-order chi connectivity index (χ0) is 23.2. The number of hydrogen-bond donors (Lipinski definition) is 1. The van der Waals surface area contributed by atoms with Crippen molar-refractivity contribution in [3.8, 4) is 28.6 Å². The molecule has 4 rings (SSSR count). The van der Waals surface area contributed by atoms with Crippen molar-refractivity contribution in [2.24, 2.45) is 0 Å². The molecule has 0 aliphatic carbocycles. The highest BCUT2D eigenvalue weighted by Gasteiger charge is 2.11. The van der Waals surface area contributed by atoms with Crippen LogP contribution in [0.4, 0.5) is 5.69 Å². The van der Waals surface area contributed by atoms with Gasteiger partial charge in [-0.3, -0.25) is 4.79 Å². The molecule has 1 aromatic heterocycles. The largest absolute Gasteiger partial charge is 0.493 e. The molecule has 6 nitrogen and oxygen atoms in total. The van der Waals surface area contributed by atoms with Crippen molar-refractivity contribution in [3.05, 3.63) is 96.3 Å². The smallest absolute Gasteiger partial charge is 0.255 e. The van der Waals surface area contributed by atoms with E-state index in [1.807, 2.05) is 54.6 Å². The second-order valence-electron chi connectivity index (χ2n) is 7.81. The minimum absolute atomic E-state index is 0.186. The molecule has 0 radical (unpaired) electrons. The van der Waals surface area contributed by atoms with E-state index in [1.165, 1.54) is 11.9 Å². The van der Waals surface area contributed by atoms with E-state index in [9.17, 15) is 4.79 Å². The topological polar surface area (TPSA) is 73.3 Å². The van der Waals surface area contributed by atoms with Crippen LogP contribution in [0, 0.1) is 0 Å². The molecule has 0 bridgehead atoms. The van der Waals surface area contributed by atoms with Crippen LogP contribution >= 0.6 is 0 Å². The monoisotopic (exact) mass is 439 g/mol. The van der Waals surface area contributed by atoms with Crippen molar-refractivity contribution in [3.63, 3.8) is 0 Å². The molecule has 166 valence electrons. The summed E-state index contributed by atoms with van der Waals surface area (Å²) in [5.74, 6) is 1.80. The highest BCUT2D eigenvalue weighted by Crippen LogP contribution is 2.31. The van der Waals surface area contributed by atoms with E-state index >= 15 is 0 Å². The van der Waals surface area contributed by atoms with Crippen molar-refractivity contribution in [2.45, 2.75) is 19.8 Å². The summed E-state index contributed by atoms with van der Waals surface area (Å²) >= 11 is 0. The molecule has 1 N–H and O–H groups in total. The van der Waals surface area contributed by atoms with Crippen molar-refractivity contribution in [2.75, 3.05) is 12.4 Å². The van der Waals surface area contributed by atoms with Gasteiger partial charge in [0.2, 0.25) is 5.88 Å². The predicted octanol–water partition coefficient (Wildman–Crippen LogP) is 6.32. The molecule has 0 spiro atoms. The van der Waals surface area contributed by atoms with Crippen LogP contribution in [0.15, 0.2) is 85.2 Å². The van der Waals surface area contributed by atoms with E-state index in [-0.39, 0.29) is 5.91 Å². The Balaban J connectivity index is 1.52. The third kappa shape index (κ3) is 5.36. The van der Waals surface area contributed by atoms with Gasteiger partial charge in [0, 0.05) is 22.9 Å². The number of rotatable bonds is 7. The van der Waals surface area contributed by atoms with Crippen LogP contribution in [0.2, 0.25) is 0 Å². The third-order valence-corrected chi connectivity index (χ3v) is 5.18. The second-order valence-corrected chi connectivity index (χ2v) is 7.81. The van der Waals surface area contributed by atoms with Gasteiger partial charge in [-0.1, -0.05) is 50.2 Å². The van der Waals surface area contributed by atoms with Gasteiger partial charge in [-0.25, -0.2) is 9.97 Å². The quantitative estimate of drug-likeness (QED) is 0.365. The minimum atomic E-state index is -0.186. The fourth-order valence-corrected chi connectivity index (χ4v) is 3.34. The van der Waals surface area contributed by atoms with E-state index in [4.69, 9.17) is 9.47 Å². The first-order valence-corrected chi connectivity index (χ1v) is 10.7. The lowest BCUT2D eigenvalue weighted by Crippen LogP contribution is -2.12. The Hall–Kier alpha value is -4.19. The van der Waals surface area contributed by atoms with Gasteiger partial charge in [-0.05, 0) is 47.9 Å². The fourth-order valence-electron chi connectivity index (χ4n) is 3.34. The molecular formula is C27H25N3O3. The molecule has 0 saturated carbocycles. The number of nitrogens with zero attached hydrogens (tertiary/aromatic N) is 2. The highest BCUT2D eigenvalue weighted by molar-refractivity contribution is 6.04. The second kappa shape index (κ2) is 9.96. The zero-order valence-electron chi connectivity index (χ0n) is 18.8. The number of nitrogens with one attached hydrogen (secondary N) is 1. The number of ether oxygens (including phenoxy) is 2. The van der Waals surface area contributed by atoms with Gasteiger partial charge < -0.3 is 14.8 Å². The summed E-state index contributed by atoms with van der Waals surface area (Å²) in [6, 6.07) is 24.3. The molecule has 6 heteroatoms. The van der Waals surface area contributed by atoms with Gasteiger partial charge in [-0.15, -0.1) is 0 Å². The molecule has 0 aliphatic rings. The summed E-state index contributed by atoms with van der Waals surface area (Å²) in [7, 11) is 1.59. The first kappa shape index (κ1) is 22.0. The standard InChI is InChI=1S/C27H25N3O3/c1-18(2)19-11-13-22(14-12-19)30-27(31)21-8-6-7-20(15-21)23-16-26(29-17-28-23)33-25-10-5-4-9-24(25)32-3/h4-18H,1-3H3,(H,30,31). The maximum absolute atomic E-state index is 12.8. The van der Waals surface area contributed by atoms with Crippen LogP contribution in [0.3, 0.4) is 0 Å². The average molecular weight is 440 g/mol. The Morgan fingerprint density at radius 1 is 0.879 bits per heavy atom. The number of para-hydroxylation sites is 2. The maximum Gasteiger partial charge on any atom is 0.255 e. The molecule has 33 heavy (non-hydrogen) atoms. The summed E-state index contributed by atoms with van der Waals surface area (Å²) in [4.78, 5) is 21.4. The molecule has 0 unspecified atom stereocenters. The van der Waals surface area contributed by atoms with E-state index in [0.29, 0.717) is 34.6 Å². The van der Waals surface area contributed by atoms with Crippen LogP contribution in [-0.2, 0) is 0 Å². The van der Waals surface area contributed by atoms with Crippen molar-refractivity contribution in [1.29, 1.82) is 0 Å². The van der Waals surface area contributed by atoms with E-state index in [1.54, 1.807) is 31.4 Å². The lowest BCUT2D eigenvalue weighted by Gasteiger charge is -2.11. The number of carbonyl (C=O) groups is 1. The number of carbonyl (C=O) groups excluding carboxylic acids is 1. The number of anilines is 1. The minimum Gasteiger partial charge on any atom is -0.493 e. The van der Waals surface area contributed by atoms with E-state index < -0.39 is 0 Å². The Morgan fingerprint density at radius 2 is 1.64 bits per heavy atom. The first-order chi connectivity index (χ1) is 16.0. The number of benzene rings is 3. The van der Waals surface area contributed by atoms with E-state index in [0.717, 1.165) is 11.3 Å². The Bertz CT molecular complexity index is 1250. The van der Waals surface area contributed by atoms with E-state index in [2.05, 4.69) is 29.1 Å². The lowest BCUT2D eigenvalue weighted by atomic mass is 10.0. The number of hydrogen-bond acceptors (Lipinski definition) is 5. The Morgan fingerprint density at radius 3 is 2.36 bits per heavy atom. The van der Waals surface area contributed by atoms with Crippen molar-refractivity contribution in [1.82, 2.24) is 9.97 Å². The summed E-state index contributed by atoms with van der Waals surface area (Å²) in [6.07, 6.45) is 1.43. The van der Waals surface area contributed by atoms with Gasteiger partial charge >= 0.3 is 0 Å². The lowest BCUT2D eigenvalue weighted by molar-refractivity contribution is 0.102. The van der Waals surface area contributed by atoms with Crippen molar-refractivity contribution >= 4 is 11.6 Å². The van der Waals surface area contributed by atoms with Crippen LogP contribution < -0.4 is 14.8 Å². The van der Waals surface area contributed by atoms with Gasteiger partial charge in [0.05, 0.1) is 12.8 Å². The molecule has 0 aliphatic heterocycles. The van der Waals surface area contributed by atoms with Crippen molar-refractivity contribution < 1.29 is 14.3 Å². The Kier molecular flexibility index (Phi) is 6.64. The van der Waals surface area contributed by atoms with Gasteiger partial charge in [0.25, 0.3) is 5.91 Å². The molecule has 0 atom stereocenters. The molecule has 1 amide bonds. The summed E-state index contributed by atoms with van der Waals surface area (Å²) in [6.45, 7) is 4.28. The average Bonchev–Trinajstić information content (AvgIpc) is 2.85. The zero-order valence-corrected chi connectivity index (χ0v) is 18.8. The maximum atomic E-state index is 12.8. The first-order valence-electron chi connectivity index (χ1n) is 10.7. The number of amides is 1. The fraction of sp³-hybridized carbons (Fsp3) is 0.148. The number of aromatic nitrogens is 2. The highest BCUT2D eigenvalue weighted by atomic mass is 16.5. The molecule has 4 aromatic rings. The predicted molar refractivity (Wildman–Crippen MR) is 129 cm³/mol. The van der Waals surface area contributed by atoms with Crippen LogP contribution in [0.25, 0.3) is 11.3 Å². The molecule has 1 heterocycles. The molecule has 3 aromatic carbocycles. The SMILES string of the molecule is COc1ccccc1Oc1cc(-c2cccc(C(=O)Nc3ccc(C(C)C)cc3)c2)ncn1. The summed E-state index contributed by atoms with van der Waals surface area (Å²) in [5.41, 5.74) is 3.94. The van der Waals surface area contributed by atoms with Crippen LogP contribution in [-0.4, -0.2) is 23.0 Å². The normalized spacial score (nSPS) is 10.7. The molecular weight excluding hydrogens is 414 g/mol. The Labute approximate surface area is 193 Å². The summed E-state index contributed by atoms with van der Waals surface area (Å²) < 4.78 is 11.2. The third-order valence-electron chi connectivity index (χ3n) is 5.18. The van der Waals surface area contributed by atoms with Gasteiger partial charge in [0.15, 0.2) is 11.5 Å². The molecule has 0 saturated heterocycles. The number of methoxy groups -OCH3 is 1. The molecule has 0 fully saturated rings. The van der Waals surface area contributed by atoms with Gasteiger partial charge in [0.1, 0.15) is 6.33 Å². The van der Waals surface area contributed by atoms with Gasteiger partial charge in [-0.2, -0.15) is 0 Å². The van der Waals surface area contributed by atoms with Crippen LogP contribution in [0.1, 0.15) is 35.7 Å². The summed E-state index contributed by atoms with van der Waals surface area (Å²) in [5, 5.41) is 2.95. The van der Waals surface area contributed by atoms with Crippen LogP contribution in [0.5, 0.6) is 17.4 Å².